The fourth-order valence-electron chi connectivity index (χ4n) is 1.28. The number of benzene rings is 1. The standard InChI is InChI=1S/C12H15BrFNO/c1-12(2,7-8-13)15-11(16)9-3-5-10(14)6-4-9/h3-6H,7-8H2,1-2H3,(H,15,16). The number of hydrogen-bond donors (Lipinski definition) is 1. The Hall–Kier alpha value is -0.900. The minimum absolute atomic E-state index is 0.175. The van der Waals surface area contributed by atoms with Crippen LogP contribution in [-0.4, -0.2) is 16.8 Å². The van der Waals surface area contributed by atoms with Crippen molar-refractivity contribution in [2.45, 2.75) is 25.8 Å². The quantitative estimate of drug-likeness (QED) is 0.847. The zero-order valence-corrected chi connectivity index (χ0v) is 11.0. The van der Waals surface area contributed by atoms with Crippen molar-refractivity contribution in [3.8, 4) is 0 Å². The fraction of sp³-hybridized carbons (Fsp3) is 0.417. The highest BCUT2D eigenvalue weighted by molar-refractivity contribution is 9.09. The summed E-state index contributed by atoms with van der Waals surface area (Å²) in [5, 5.41) is 3.72. The maximum atomic E-state index is 12.7. The monoisotopic (exact) mass is 287 g/mol. The molecule has 0 aromatic heterocycles. The predicted molar refractivity (Wildman–Crippen MR) is 66.4 cm³/mol. The summed E-state index contributed by atoms with van der Waals surface area (Å²) in [5.74, 6) is -0.512. The summed E-state index contributed by atoms with van der Waals surface area (Å²) in [6, 6.07) is 5.53. The number of halogens is 2. The Morgan fingerprint density at radius 1 is 1.38 bits per heavy atom. The highest BCUT2D eigenvalue weighted by Crippen LogP contribution is 2.12. The Bertz CT molecular complexity index is 362. The third-order valence-corrected chi connectivity index (χ3v) is 2.67. The summed E-state index contributed by atoms with van der Waals surface area (Å²) in [5.41, 5.74) is 0.207. The van der Waals surface area contributed by atoms with Gasteiger partial charge in [0.2, 0.25) is 0 Å². The highest BCUT2D eigenvalue weighted by Gasteiger charge is 2.20. The van der Waals surface area contributed by atoms with Crippen molar-refractivity contribution in [2.24, 2.45) is 0 Å². The van der Waals surface area contributed by atoms with Crippen LogP contribution >= 0.6 is 15.9 Å². The largest absolute Gasteiger partial charge is 0.347 e. The molecule has 1 rings (SSSR count). The average Bonchev–Trinajstić information content (AvgIpc) is 2.17. The molecule has 0 spiro atoms. The molecule has 2 nitrogen and oxygen atoms in total. The third-order valence-electron chi connectivity index (χ3n) is 2.28. The van der Waals surface area contributed by atoms with E-state index in [1.807, 2.05) is 13.8 Å². The van der Waals surface area contributed by atoms with Gasteiger partial charge in [0.15, 0.2) is 0 Å². The first-order valence-corrected chi connectivity index (χ1v) is 6.21. The molecular formula is C12H15BrFNO. The van der Waals surface area contributed by atoms with E-state index in [2.05, 4.69) is 21.2 Å². The van der Waals surface area contributed by atoms with E-state index < -0.39 is 0 Å². The van der Waals surface area contributed by atoms with E-state index >= 15 is 0 Å². The molecule has 0 heterocycles. The van der Waals surface area contributed by atoms with Crippen LogP contribution in [-0.2, 0) is 0 Å². The molecule has 1 aromatic carbocycles. The van der Waals surface area contributed by atoms with Crippen molar-refractivity contribution in [3.05, 3.63) is 35.6 Å². The summed E-state index contributed by atoms with van der Waals surface area (Å²) in [6.45, 7) is 3.91. The van der Waals surface area contributed by atoms with Gasteiger partial charge < -0.3 is 5.32 Å². The average molecular weight is 288 g/mol. The van der Waals surface area contributed by atoms with Gasteiger partial charge in [-0.1, -0.05) is 15.9 Å². The summed E-state index contributed by atoms with van der Waals surface area (Å²) >= 11 is 3.34. The Morgan fingerprint density at radius 3 is 2.44 bits per heavy atom. The number of hydrogen-bond acceptors (Lipinski definition) is 1. The lowest BCUT2D eigenvalue weighted by molar-refractivity contribution is 0.0912. The minimum Gasteiger partial charge on any atom is -0.347 e. The van der Waals surface area contributed by atoms with Gasteiger partial charge in [-0.05, 0) is 44.5 Å². The maximum absolute atomic E-state index is 12.7. The number of alkyl halides is 1. The van der Waals surface area contributed by atoms with Gasteiger partial charge in [0.25, 0.3) is 5.91 Å². The molecule has 0 aliphatic carbocycles. The molecule has 0 saturated carbocycles. The summed E-state index contributed by atoms with van der Waals surface area (Å²) in [7, 11) is 0. The number of carbonyl (C=O) groups excluding carboxylic acids is 1. The highest BCUT2D eigenvalue weighted by atomic mass is 79.9. The van der Waals surface area contributed by atoms with Crippen molar-refractivity contribution < 1.29 is 9.18 Å². The minimum atomic E-state index is -0.337. The van der Waals surface area contributed by atoms with Crippen molar-refractivity contribution in [1.29, 1.82) is 0 Å². The molecule has 88 valence electrons. The zero-order chi connectivity index (χ0) is 12.2. The third kappa shape index (κ3) is 3.93. The van der Waals surface area contributed by atoms with Crippen LogP contribution in [0, 0.1) is 5.82 Å². The van der Waals surface area contributed by atoms with Crippen LogP contribution in [0.5, 0.6) is 0 Å². The van der Waals surface area contributed by atoms with Gasteiger partial charge in [0.05, 0.1) is 0 Å². The van der Waals surface area contributed by atoms with Crippen LogP contribution in [0.2, 0.25) is 0 Å². The first kappa shape index (κ1) is 13.2. The maximum Gasteiger partial charge on any atom is 0.251 e. The molecule has 1 amide bonds. The lowest BCUT2D eigenvalue weighted by atomic mass is 10.0. The second-order valence-corrected chi connectivity index (χ2v) is 5.08. The predicted octanol–water partition coefficient (Wildman–Crippen LogP) is 3.12. The molecule has 0 aliphatic heterocycles. The zero-order valence-electron chi connectivity index (χ0n) is 9.39. The van der Waals surface area contributed by atoms with Gasteiger partial charge in [0.1, 0.15) is 5.82 Å². The number of rotatable bonds is 4. The molecule has 4 heteroatoms. The van der Waals surface area contributed by atoms with Crippen molar-refractivity contribution in [2.75, 3.05) is 5.33 Å². The number of nitrogens with one attached hydrogen (secondary N) is 1. The molecule has 1 aromatic rings. The molecule has 0 atom stereocenters. The molecular weight excluding hydrogens is 273 g/mol. The van der Waals surface area contributed by atoms with Crippen LogP contribution in [0.4, 0.5) is 4.39 Å². The van der Waals surface area contributed by atoms with Crippen molar-refractivity contribution in [3.63, 3.8) is 0 Å². The molecule has 0 unspecified atom stereocenters. The summed E-state index contributed by atoms with van der Waals surface area (Å²) in [6.07, 6.45) is 0.833. The topological polar surface area (TPSA) is 29.1 Å². The normalized spacial score (nSPS) is 11.2. The molecule has 0 radical (unpaired) electrons. The van der Waals surface area contributed by atoms with Crippen LogP contribution in [0.1, 0.15) is 30.6 Å². The van der Waals surface area contributed by atoms with E-state index in [-0.39, 0.29) is 17.3 Å². The van der Waals surface area contributed by atoms with Crippen LogP contribution in [0.15, 0.2) is 24.3 Å². The SMILES string of the molecule is CC(C)(CCBr)NC(=O)c1ccc(F)cc1. The first-order valence-electron chi connectivity index (χ1n) is 5.09. The van der Waals surface area contributed by atoms with Crippen molar-refractivity contribution >= 4 is 21.8 Å². The van der Waals surface area contributed by atoms with E-state index in [0.717, 1.165) is 11.8 Å². The Balaban J connectivity index is 2.69. The van der Waals surface area contributed by atoms with Crippen LogP contribution in [0.25, 0.3) is 0 Å². The molecule has 0 saturated heterocycles. The molecule has 1 N–H and O–H groups in total. The van der Waals surface area contributed by atoms with Gasteiger partial charge >= 0.3 is 0 Å². The van der Waals surface area contributed by atoms with Crippen LogP contribution < -0.4 is 5.32 Å². The van der Waals surface area contributed by atoms with E-state index in [1.54, 1.807) is 0 Å². The lowest BCUT2D eigenvalue weighted by Gasteiger charge is -2.25. The second kappa shape index (κ2) is 5.43. The van der Waals surface area contributed by atoms with Gasteiger partial charge in [-0.25, -0.2) is 4.39 Å². The lowest BCUT2D eigenvalue weighted by Crippen LogP contribution is -2.43. The van der Waals surface area contributed by atoms with Gasteiger partial charge in [0, 0.05) is 16.4 Å². The Morgan fingerprint density at radius 2 is 1.94 bits per heavy atom. The van der Waals surface area contributed by atoms with E-state index in [0.29, 0.717) is 5.56 Å². The summed E-state index contributed by atoms with van der Waals surface area (Å²) in [4.78, 5) is 11.8. The van der Waals surface area contributed by atoms with Gasteiger partial charge in [-0.3, -0.25) is 4.79 Å². The molecule has 0 fully saturated rings. The van der Waals surface area contributed by atoms with E-state index in [1.165, 1.54) is 24.3 Å². The Kier molecular flexibility index (Phi) is 4.47. The molecule has 16 heavy (non-hydrogen) atoms. The van der Waals surface area contributed by atoms with Crippen LogP contribution in [0.3, 0.4) is 0 Å². The number of amides is 1. The fourth-order valence-corrected chi connectivity index (χ4v) is 2.27. The molecule has 0 aliphatic rings. The van der Waals surface area contributed by atoms with Gasteiger partial charge in [-0.15, -0.1) is 0 Å². The summed E-state index contributed by atoms with van der Waals surface area (Å²) < 4.78 is 12.7. The van der Waals surface area contributed by atoms with Crippen molar-refractivity contribution in [1.82, 2.24) is 5.32 Å². The van der Waals surface area contributed by atoms with Gasteiger partial charge in [-0.2, -0.15) is 0 Å². The molecule has 0 bridgehead atoms. The number of carbonyl (C=O) groups is 1. The second-order valence-electron chi connectivity index (χ2n) is 4.28. The van der Waals surface area contributed by atoms with E-state index in [4.69, 9.17) is 0 Å². The first-order chi connectivity index (χ1) is 7.44. The Labute approximate surface area is 103 Å². The van der Waals surface area contributed by atoms with E-state index in [9.17, 15) is 9.18 Å². The smallest absolute Gasteiger partial charge is 0.251 e.